The van der Waals surface area contributed by atoms with E-state index in [2.05, 4.69) is 31.3 Å². The highest BCUT2D eigenvalue weighted by molar-refractivity contribution is 9.10. The van der Waals surface area contributed by atoms with Gasteiger partial charge >= 0.3 is 0 Å². The quantitative estimate of drug-likeness (QED) is 0.782. The van der Waals surface area contributed by atoms with Gasteiger partial charge < -0.3 is 0 Å². The molecule has 3 aromatic rings. The third-order valence-electron chi connectivity index (χ3n) is 2.59. The molecule has 7 heteroatoms. The number of anilines is 1. The van der Waals surface area contributed by atoms with Gasteiger partial charge in [-0.15, -0.1) is 16.4 Å². The van der Waals surface area contributed by atoms with Crippen molar-refractivity contribution in [3.8, 4) is 0 Å². The largest absolute Gasteiger partial charge is 0.289 e. The normalized spacial score (nSPS) is 10.8. The van der Waals surface area contributed by atoms with Crippen LogP contribution in [0, 0.1) is 6.92 Å². The first-order valence-corrected chi connectivity index (χ1v) is 7.19. The second kappa shape index (κ2) is 4.75. The minimum Gasteiger partial charge on any atom is -0.289 e. The van der Waals surface area contributed by atoms with Crippen LogP contribution in [0.15, 0.2) is 34.1 Å². The van der Waals surface area contributed by atoms with E-state index in [1.165, 1.54) is 11.3 Å². The van der Waals surface area contributed by atoms with Crippen molar-refractivity contribution in [3.63, 3.8) is 0 Å². The van der Waals surface area contributed by atoms with Crippen molar-refractivity contribution in [2.45, 2.75) is 6.92 Å². The molecule has 1 aromatic carbocycles. The number of halogens is 1. The summed E-state index contributed by atoms with van der Waals surface area (Å²) in [5, 5.41) is 8.90. The van der Waals surface area contributed by atoms with Gasteiger partial charge in [0.2, 0.25) is 4.96 Å². The first-order chi connectivity index (χ1) is 9.15. The Labute approximate surface area is 121 Å². The van der Waals surface area contributed by atoms with Gasteiger partial charge in [0.1, 0.15) is 0 Å². The molecule has 0 aliphatic rings. The third kappa shape index (κ3) is 2.26. The molecule has 1 N–H and O–H groups in total. The Morgan fingerprint density at radius 3 is 2.95 bits per heavy atom. The second-order valence-electron chi connectivity index (χ2n) is 3.94. The number of fused-ring (bicyclic) bond motifs is 1. The molecular weight excluding hydrogens is 328 g/mol. The van der Waals surface area contributed by atoms with E-state index >= 15 is 0 Å². The van der Waals surface area contributed by atoms with Gasteiger partial charge in [-0.05, 0) is 35.0 Å². The van der Waals surface area contributed by atoms with E-state index in [-0.39, 0.29) is 5.91 Å². The maximum atomic E-state index is 12.1. The van der Waals surface area contributed by atoms with Crippen LogP contribution >= 0.6 is 27.3 Å². The summed E-state index contributed by atoms with van der Waals surface area (Å²) in [6, 6.07) is 7.22. The van der Waals surface area contributed by atoms with Crippen molar-refractivity contribution in [3.05, 3.63) is 45.4 Å². The molecule has 0 saturated heterocycles. The molecule has 0 aliphatic carbocycles. The van der Waals surface area contributed by atoms with Crippen LogP contribution in [0.1, 0.15) is 16.1 Å². The van der Waals surface area contributed by atoms with Crippen LogP contribution in [0.5, 0.6) is 0 Å². The van der Waals surface area contributed by atoms with Crippen LogP contribution in [0.3, 0.4) is 0 Å². The molecule has 0 bridgehead atoms. The lowest BCUT2D eigenvalue weighted by atomic mass is 10.2. The van der Waals surface area contributed by atoms with Crippen LogP contribution < -0.4 is 5.32 Å². The fourth-order valence-electron chi connectivity index (χ4n) is 1.66. The number of thiazole rings is 1. The number of carbonyl (C=O) groups is 1. The number of nitrogens with one attached hydrogen (secondary N) is 1. The molecule has 0 aliphatic heterocycles. The summed E-state index contributed by atoms with van der Waals surface area (Å²) in [5.41, 5.74) is 1.55. The highest BCUT2D eigenvalue weighted by Crippen LogP contribution is 2.18. The lowest BCUT2D eigenvalue weighted by molar-refractivity contribution is 0.102. The van der Waals surface area contributed by atoms with Crippen molar-refractivity contribution >= 4 is 44.1 Å². The van der Waals surface area contributed by atoms with E-state index in [0.717, 1.165) is 15.1 Å². The Balaban J connectivity index is 1.88. The fourth-order valence-corrected chi connectivity index (χ4v) is 2.92. The van der Waals surface area contributed by atoms with Crippen molar-refractivity contribution < 1.29 is 4.79 Å². The molecule has 0 saturated carbocycles. The van der Waals surface area contributed by atoms with Gasteiger partial charge in [0.05, 0.1) is 11.3 Å². The number of aromatic nitrogens is 3. The molecule has 0 atom stereocenters. The molecule has 0 radical (unpaired) electrons. The Morgan fingerprint density at radius 1 is 1.42 bits per heavy atom. The maximum Gasteiger partial charge on any atom is 0.259 e. The second-order valence-corrected chi connectivity index (χ2v) is 5.63. The smallest absolute Gasteiger partial charge is 0.259 e. The number of rotatable bonds is 2. The summed E-state index contributed by atoms with van der Waals surface area (Å²) < 4.78 is 2.45. The van der Waals surface area contributed by atoms with E-state index in [9.17, 15) is 4.79 Å². The number of amides is 1. The summed E-state index contributed by atoms with van der Waals surface area (Å²) in [5.74, 6) is 0.0825. The van der Waals surface area contributed by atoms with E-state index < -0.39 is 0 Å². The van der Waals surface area contributed by atoms with Gasteiger partial charge in [-0.1, -0.05) is 12.1 Å². The molecule has 96 valence electrons. The lowest BCUT2D eigenvalue weighted by Crippen LogP contribution is -2.13. The van der Waals surface area contributed by atoms with E-state index in [1.54, 1.807) is 10.6 Å². The van der Waals surface area contributed by atoms with Crippen molar-refractivity contribution in [1.29, 1.82) is 0 Å². The standard InChI is InChI=1S/C12H9BrN4OS/c1-7-6-19-12-15-11(16-17(7)12)14-10(18)8-4-2-3-5-9(8)13/h2-6H,1H3,(H,14,16,18). The zero-order chi connectivity index (χ0) is 13.4. The van der Waals surface area contributed by atoms with E-state index in [4.69, 9.17) is 0 Å². The molecule has 3 rings (SSSR count). The molecule has 0 unspecified atom stereocenters. The topological polar surface area (TPSA) is 59.3 Å². The molecule has 0 spiro atoms. The van der Waals surface area contributed by atoms with Gasteiger partial charge in [-0.2, -0.15) is 4.98 Å². The number of nitrogens with zero attached hydrogens (tertiary/aromatic N) is 3. The average Bonchev–Trinajstić information content (AvgIpc) is 2.92. The minimum atomic E-state index is -0.233. The highest BCUT2D eigenvalue weighted by Gasteiger charge is 2.13. The zero-order valence-electron chi connectivity index (χ0n) is 9.92. The molecule has 19 heavy (non-hydrogen) atoms. The van der Waals surface area contributed by atoms with Crippen molar-refractivity contribution in [2.75, 3.05) is 5.32 Å². The number of aryl methyl sites for hydroxylation is 1. The Hall–Kier alpha value is -1.73. The molecule has 0 fully saturated rings. The van der Waals surface area contributed by atoms with Crippen molar-refractivity contribution in [1.82, 2.24) is 14.6 Å². The molecule has 2 heterocycles. The fraction of sp³-hybridized carbons (Fsp3) is 0.0833. The van der Waals surface area contributed by atoms with Gasteiger partial charge in [-0.25, -0.2) is 4.52 Å². The highest BCUT2D eigenvalue weighted by atomic mass is 79.9. The lowest BCUT2D eigenvalue weighted by Gasteiger charge is -2.02. The van der Waals surface area contributed by atoms with E-state index in [1.807, 2.05) is 30.5 Å². The molecule has 5 nitrogen and oxygen atoms in total. The first-order valence-electron chi connectivity index (χ1n) is 5.52. The third-order valence-corrected chi connectivity index (χ3v) is 4.22. The number of hydrogen-bond donors (Lipinski definition) is 1. The maximum absolute atomic E-state index is 12.1. The minimum absolute atomic E-state index is 0.233. The van der Waals surface area contributed by atoms with Crippen LogP contribution in [0.25, 0.3) is 4.96 Å². The van der Waals surface area contributed by atoms with E-state index in [0.29, 0.717) is 11.5 Å². The summed E-state index contributed by atoms with van der Waals surface area (Å²) in [4.78, 5) is 17.1. The van der Waals surface area contributed by atoms with Crippen LogP contribution in [0.4, 0.5) is 5.95 Å². The molecule has 2 aromatic heterocycles. The zero-order valence-corrected chi connectivity index (χ0v) is 12.3. The molecule has 1 amide bonds. The first kappa shape index (κ1) is 12.3. The summed E-state index contributed by atoms with van der Waals surface area (Å²) >= 11 is 4.83. The summed E-state index contributed by atoms with van der Waals surface area (Å²) in [6.45, 7) is 1.94. The number of hydrogen-bond acceptors (Lipinski definition) is 4. The average molecular weight is 337 g/mol. The number of carbonyl (C=O) groups excluding carboxylic acids is 1. The van der Waals surface area contributed by atoms with Crippen molar-refractivity contribution in [2.24, 2.45) is 0 Å². The number of benzene rings is 1. The predicted molar refractivity (Wildman–Crippen MR) is 77.7 cm³/mol. The monoisotopic (exact) mass is 336 g/mol. The van der Waals surface area contributed by atoms with Gasteiger partial charge in [0.25, 0.3) is 11.9 Å². The Kier molecular flexibility index (Phi) is 3.08. The Bertz CT molecular complexity index is 764. The van der Waals surface area contributed by atoms with Gasteiger partial charge in [-0.3, -0.25) is 10.1 Å². The van der Waals surface area contributed by atoms with Crippen LogP contribution in [-0.2, 0) is 0 Å². The van der Waals surface area contributed by atoms with Gasteiger partial charge in [0, 0.05) is 9.85 Å². The van der Waals surface area contributed by atoms with Crippen LogP contribution in [0.2, 0.25) is 0 Å². The van der Waals surface area contributed by atoms with Crippen LogP contribution in [-0.4, -0.2) is 20.5 Å². The predicted octanol–water partition coefficient (Wildman–Crippen LogP) is 3.11. The summed E-state index contributed by atoms with van der Waals surface area (Å²) in [6.07, 6.45) is 0. The summed E-state index contributed by atoms with van der Waals surface area (Å²) in [7, 11) is 0. The molecular formula is C12H9BrN4OS. The Morgan fingerprint density at radius 2 is 2.21 bits per heavy atom. The SMILES string of the molecule is Cc1csc2nc(NC(=O)c3ccccc3Br)nn12. The van der Waals surface area contributed by atoms with Gasteiger partial charge in [0.15, 0.2) is 0 Å².